The van der Waals surface area contributed by atoms with Crippen LogP contribution in [-0.4, -0.2) is 100 Å². The second-order valence-electron chi connectivity index (χ2n) is 26.4. The maximum Gasteiger partial charge on any atom is 0.305 e. The molecule has 1 aliphatic rings. The van der Waals surface area contributed by atoms with Crippen molar-refractivity contribution < 1.29 is 49.3 Å². The van der Waals surface area contributed by atoms with E-state index in [0.29, 0.717) is 19.4 Å². The smallest absolute Gasteiger partial charge is 0.305 e. The molecule has 6 N–H and O–H groups in total. The molecule has 0 aromatic heterocycles. The summed E-state index contributed by atoms with van der Waals surface area (Å²) in [4.78, 5) is 25.1. The molecule has 0 aliphatic carbocycles. The summed E-state index contributed by atoms with van der Waals surface area (Å²) in [6.45, 7) is 4.33. The average Bonchev–Trinajstić information content (AvgIpc) is 3.02. The van der Waals surface area contributed by atoms with E-state index in [1.807, 2.05) is 6.08 Å². The lowest BCUT2D eigenvalue weighted by Crippen LogP contribution is -2.60. The zero-order valence-corrected chi connectivity index (χ0v) is 57.0. The van der Waals surface area contributed by atoms with Gasteiger partial charge >= 0.3 is 5.97 Å². The Balaban J connectivity index is 1.86. The molecule has 0 bridgehead atoms. The van der Waals surface area contributed by atoms with Crippen molar-refractivity contribution in [1.82, 2.24) is 5.32 Å². The third-order valence-corrected chi connectivity index (χ3v) is 18.0. The number of unbranched alkanes of at least 4 members (excludes halogenated alkanes) is 49. The summed E-state index contributed by atoms with van der Waals surface area (Å²) in [6, 6.07) is -0.805. The number of allylic oxidation sites excluding steroid dienone is 5. The van der Waals surface area contributed by atoms with Gasteiger partial charge in [-0.1, -0.05) is 333 Å². The highest BCUT2D eigenvalue weighted by atomic mass is 16.7. The lowest BCUT2D eigenvalue weighted by molar-refractivity contribution is -0.302. The Bertz CT molecular complexity index is 1540. The number of amides is 1. The molecule has 1 rings (SSSR count). The molecule has 512 valence electrons. The van der Waals surface area contributed by atoms with Crippen LogP contribution in [0.15, 0.2) is 36.5 Å². The van der Waals surface area contributed by atoms with Gasteiger partial charge in [0, 0.05) is 12.8 Å². The molecule has 0 aromatic rings. The third kappa shape index (κ3) is 54.2. The normalized spacial score (nSPS) is 18.0. The number of hydrogen-bond donors (Lipinski definition) is 6. The molecule has 0 saturated carbocycles. The molecular formula is C76H143NO10. The number of rotatable bonds is 67. The van der Waals surface area contributed by atoms with Gasteiger partial charge in [0.1, 0.15) is 24.4 Å². The highest BCUT2D eigenvalue weighted by molar-refractivity contribution is 5.76. The van der Waals surface area contributed by atoms with Crippen LogP contribution in [0.2, 0.25) is 0 Å². The van der Waals surface area contributed by atoms with Gasteiger partial charge in [-0.25, -0.2) is 0 Å². The van der Waals surface area contributed by atoms with Crippen LogP contribution in [0, 0.1) is 0 Å². The molecule has 0 aromatic carbocycles. The summed E-state index contributed by atoms with van der Waals surface area (Å²) < 4.78 is 16.7. The fourth-order valence-electron chi connectivity index (χ4n) is 12.1. The van der Waals surface area contributed by atoms with Crippen molar-refractivity contribution in [1.29, 1.82) is 0 Å². The number of carbonyl (C=O) groups excluding carboxylic acids is 2. The van der Waals surface area contributed by atoms with Crippen LogP contribution in [-0.2, 0) is 23.8 Å². The largest absolute Gasteiger partial charge is 0.466 e. The van der Waals surface area contributed by atoms with Gasteiger partial charge in [0.25, 0.3) is 0 Å². The fraction of sp³-hybridized carbons (Fsp3) is 0.895. The highest BCUT2D eigenvalue weighted by Crippen LogP contribution is 2.24. The van der Waals surface area contributed by atoms with E-state index in [-0.39, 0.29) is 18.5 Å². The van der Waals surface area contributed by atoms with Crippen LogP contribution >= 0.6 is 0 Å². The fourth-order valence-corrected chi connectivity index (χ4v) is 12.1. The minimum atomic E-state index is -1.57. The Kier molecular flexibility index (Phi) is 62.3. The number of hydrogen-bond acceptors (Lipinski definition) is 10. The Hall–Kier alpha value is -2.12. The second-order valence-corrected chi connectivity index (χ2v) is 26.4. The van der Waals surface area contributed by atoms with E-state index in [1.54, 1.807) is 6.08 Å². The maximum atomic E-state index is 13.0. The quantitative estimate of drug-likeness (QED) is 0.0195. The van der Waals surface area contributed by atoms with Crippen molar-refractivity contribution >= 4 is 11.9 Å². The van der Waals surface area contributed by atoms with Crippen molar-refractivity contribution in [3.63, 3.8) is 0 Å². The van der Waals surface area contributed by atoms with Gasteiger partial charge in [0.15, 0.2) is 6.29 Å². The first-order chi connectivity index (χ1) is 42.7. The molecule has 11 heteroatoms. The van der Waals surface area contributed by atoms with E-state index in [9.17, 15) is 35.1 Å². The molecule has 1 fully saturated rings. The zero-order valence-electron chi connectivity index (χ0n) is 57.0. The van der Waals surface area contributed by atoms with E-state index in [4.69, 9.17) is 14.2 Å². The van der Waals surface area contributed by atoms with Crippen LogP contribution in [0.5, 0.6) is 0 Å². The maximum absolute atomic E-state index is 13.0. The summed E-state index contributed by atoms with van der Waals surface area (Å²) >= 11 is 0. The first kappa shape index (κ1) is 82.9. The number of ether oxygens (including phenoxy) is 3. The van der Waals surface area contributed by atoms with E-state index < -0.39 is 49.5 Å². The first-order valence-corrected chi connectivity index (χ1v) is 37.8. The molecule has 1 heterocycles. The van der Waals surface area contributed by atoms with Gasteiger partial charge < -0.3 is 45.1 Å². The Morgan fingerprint density at radius 3 is 1.18 bits per heavy atom. The Morgan fingerprint density at radius 2 is 0.770 bits per heavy atom. The molecule has 0 spiro atoms. The number of aliphatic hydroxyl groups excluding tert-OH is 5. The van der Waals surface area contributed by atoms with E-state index in [0.717, 1.165) is 64.2 Å². The Labute approximate surface area is 536 Å². The van der Waals surface area contributed by atoms with Crippen molar-refractivity contribution in [3.05, 3.63) is 36.5 Å². The summed E-state index contributed by atoms with van der Waals surface area (Å²) in [5.74, 6) is -0.170. The Morgan fingerprint density at radius 1 is 0.425 bits per heavy atom. The number of aliphatic hydroxyl groups is 5. The molecule has 11 nitrogen and oxygen atoms in total. The summed E-state index contributed by atoms with van der Waals surface area (Å²) in [7, 11) is 0. The van der Waals surface area contributed by atoms with Crippen LogP contribution in [0.1, 0.15) is 373 Å². The van der Waals surface area contributed by atoms with Crippen molar-refractivity contribution in [3.8, 4) is 0 Å². The topological polar surface area (TPSA) is 175 Å². The van der Waals surface area contributed by atoms with Crippen LogP contribution < -0.4 is 5.32 Å². The van der Waals surface area contributed by atoms with Gasteiger partial charge in [-0.3, -0.25) is 9.59 Å². The summed E-state index contributed by atoms with van der Waals surface area (Å²) in [6.07, 6.45) is 74.6. The first-order valence-electron chi connectivity index (χ1n) is 37.8. The van der Waals surface area contributed by atoms with Crippen LogP contribution in [0.4, 0.5) is 0 Å². The van der Waals surface area contributed by atoms with Crippen LogP contribution in [0.3, 0.4) is 0 Å². The molecular weight excluding hydrogens is 1090 g/mol. The zero-order chi connectivity index (χ0) is 63.0. The lowest BCUT2D eigenvalue weighted by atomic mass is 9.99. The molecule has 7 atom stereocenters. The van der Waals surface area contributed by atoms with Gasteiger partial charge in [-0.2, -0.15) is 0 Å². The monoisotopic (exact) mass is 1230 g/mol. The SMILES string of the molecule is CCCCC/C=C\C/C=C\CCCCCCCCCC(=O)OCCCCCCCCCCCCCCCCCCCCCCCCCCCCCCCCCCCC(=O)NC(COC1OC(CO)C(O)C(O)C1O)C(O)/C=C/CCCCCCCCC. The molecule has 1 amide bonds. The van der Waals surface area contributed by atoms with E-state index in [2.05, 4.69) is 43.5 Å². The van der Waals surface area contributed by atoms with Gasteiger partial charge in [0.2, 0.25) is 5.91 Å². The minimum Gasteiger partial charge on any atom is -0.466 e. The highest BCUT2D eigenvalue weighted by Gasteiger charge is 2.44. The van der Waals surface area contributed by atoms with Crippen molar-refractivity contribution in [2.24, 2.45) is 0 Å². The van der Waals surface area contributed by atoms with Crippen molar-refractivity contribution in [2.75, 3.05) is 19.8 Å². The number of esters is 1. The predicted molar refractivity (Wildman–Crippen MR) is 366 cm³/mol. The lowest BCUT2D eigenvalue weighted by Gasteiger charge is -2.40. The van der Waals surface area contributed by atoms with Crippen LogP contribution in [0.25, 0.3) is 0 Å². The summed E-state index contributed by atoms with van der Waals surface area (Å²) in [5.41, 5.74) is 0. The van der Waals surface area contributed by atoms with Gasteiger partial charge in [-0.15, -0.1) is 0 Å². The molecule has 87 heavy (non-hydrogen) atoms. The van der Waals surface area contributed by atoms with E-state index in [1.165, 1.54) is 283 Å². The molecule has 0 radical (unpaired) electrons. The van der Waals surface area contributed by atoms with E-state index >= 15 is 0 Å². The van der Waals surface area contributed by atoms with Gasteiger partial charge in [-0.05, 0) is 64.2 Å². The average molecular weight is 1230 g/mol. The van der Waals surface area contributed by atoms with Crippen molar-refractivity contribution in [2.45, 2.75) is 416 Å². The third-order valence-electron chi connectivity index (χ3n) is 18.0. The second kappa shape index (κ2) is 65.4. The standard InChI is InChI=1S/C76H143NO10/c1-3-5-7-9-11-13-14-15-16-34-38-41-44-48-52-56-60-64-72(81)85-65-61-57-53-49-45-42-39-36-33-31-29-27-25-23-21-19-17-18-20-22-24-26-28-30-32-35-37-40-43-47-51-55-59-63-71(80)77-68(69(79)62-58-54-50-46-12-10-8-6-4-2)67-86-76-75(84)74(83)73(82)70(66-78)87-76/h11,13,15-16,58,62,68-70,73-76,78-79,82-84H,3-10,12,14,17-57,59-61,63-67H2,1-2H3,(H,77,80)/b13-11-,16-15-,62-58+. The molecule has 1 aliphatic heterocycles. The summed E-state index contributed by atoms with van der Waals surface area (Å²) in [5, 5.41) is 54.3. The number of nitrogens with one attached hydrogen (secondary N) is 1. The van der Waals surface area contributed by atoms with Gasteiger partial charge in [0.05, 0.1) is 32.0 Å². The molecule has 1 saturated heterocycles. The predicted octanol–water partition coefficient (Wildman–Crippen LogP) is 19.7. The molecule has 7 unspecified atom stereocenters. The minimum absolute atomic E-state index is 0.00703. The number of carbonyl (C=O) groups is 2.